The molecule has 14 heavy (non-hydrogen) atoms. The van der Waals surface area contributed by atoms with Crippen molar-refractivity contribution in [2.75, 3.05) is 0 Å². The summed E-state index contributed by atoms with van der Waals surface area (Å²) in [4.78, 5) is 0. The molecule has 1 saturated heterocycles. The number of alkyl halides is 1. The monoisotopic (exact) mass is 308 g/mol. The molecule has 1 saturated carbocycles. The van der Waals surface area contributed by atoms with Gasteiger partial charge in [-0.2, -0.15) is 0 Å². The van der Waals surface area contributed by atoms with Gasteiger partial charge in [-0.15, -0.1) is 0 Å². The second-order valence-electron chi connectivity index (χ2n) is 4.75. The minimum atomic E-state index is 0.573. The van der Waals surface area contributed by atoms with Gasteiger partial charge < -0.3 is 4.74 Å². The summed E-state index contributed by atoms with van der Waals surface area (Å²) < 4.78 is 6.97. The Morgan fingerprint density at radius 1 is 1.29 bits per heavy atom. The summed E-state index contributed by atoms with van der Waals surface area (Å²) in [5.74, 6) is 0.881. The van der Waals surface area contributed by atoms with E-state index < -0.39 is 0 Å². The van der Waals surface area contributed by atoms with Gasteiger partial charge in [-0.05, 0) is 25.2 Å². The molecule has 0 aromatic heterocycles. The van der Waals surface area contributed by atoms with Gasteiger partial charge in [-0.25, -0.2) is 0 Å². The van der Waals surface area contributed by atoms with E-state index in [1.807, 2.05) is 0 Å². The lowest BCUT2D eigenvalue weighted by molar-refractivity contribution is 0.0155. The lowest BCUT2D eigenvalue weighted by Crippen LogP contribution is -2.24. The molecule has 0 radical (unpaired) electrons. The van der Waals surface area contributed by atoms with Crippen molar-refractivity contribution in [2.45, 2.75) is 68.0 Å². The molecule has 0 aromatic carbocycles. The Bertz CT molecular complexity index is 183. The van der Waals surface area contributed by atoms with E-state index in [2.05, 4.69) is 29.5 Å². The molecule has 0 unspecified atom stereocenters. The van der Waals surface area contributed by atoms with Crippen LogP contribution in [0.4, 0.5) is 0 Å². The Balaban J connectivity index is 1.89. The summed E-state index contributed by atoms with van der Waals surface area (Å²) in [6.45, 7) is 2.27. The third kappa shape index (κ3) is 2.26. The van der Waals surface area contributed by atoms with Crippen LogP contribution in [0.15, 0.2) is 0 Å². The van der Waals surface area contributed by atoms with Gasteiger partial charge in [0.15, 0.2) is 0 Å². The molecule has 82 valence electrons. The van der Waals surface area contributed by atoms with E-state index in [1.54, 1.807) is 0 Å². The van der Waals surface area contributed by atoms with Crippen molar-refractivity contribution in [3.05, 3.63) is 0 Å². The van der Waals surface area contributed by atoms with Crippen molar-refractivity contribution >= 4 is 22.6 Å². The first-order chi connectivity index (χ1) is 6.83. The van der Waals surface area contributed by atoms with E-state index in [1.165, 1.54) is 44.9 Å². The van der Waals surface area contributed by atoms with Gasteiger partial charge in [0.2, 0.25) is 0 Å². The highest BCUT2D eigenvalue weighted by atomic mass is 127. The Labute approximate surface area is 101 Å². The molecular weight excluding hydrogens is 287 g/mol. The van der Waals surface area contributed by atoms with Crippen molar-refractivity contribution in [3.8, 4) is 0 Å². The fourth-order valence-electron chi connectivity index (χ4n) is 2.87. The Hall–Kier alpha value is 0.690. The molecule has 1 aliphatic carbocycles. The van der Waals surface area contributed by atoms with Crippen molar-refractivity contribution in [3.63, 3.8) is 0 Å². The first-order valence-electron chi connectivity index (χ1n) is 6.12. The Morgan fingerprint density at radius 2 is 2.07 bits per heavy atom. The topological polar surface area (TPSA) is 9.23 Å². The lowest BCUT2D eigenvalue weighted by atomic mass is 9.85. The van der Waals surface area contributed by atoms with Crippen LogP contribution in [0, 0.1) is 5.92 Å². The van der Waals surface area contributed by atoms with Gasteiger partial charge >= 0.3 is 0 Å². The molecule has 2 rings (SSSR count). The molecule has 0 aromatic rings. The highest BCUT2D eigenvalue weighted by Gasteiger charge is 2.42. The van der Waals surface area contributed by atoms with Gasteiger partial charge in [0.05, 0.1) is 12.2 Å². The molecule has 0 amide bonds. The number of fused-ring (bicyclic) bond motifs is 1. The van der Waals surface area contributed by atoms with Crippen LogP contribution in [-0.4, -0.2) is 16.1 Å². The summed E-state index contributed by atoms with van der Waals surface area (Å²) in [6, 6.07) is 0. The minimum absolute atomic E-state index is 0.573. The molecule has 4 atom stereocenters. The van der Waals surface area contributed by atoms with Gasteiger partial charge in [-0.1, -0.05) is 55.2 Å². The van der Waals surface area contributed by atoms with Crippen LogP contribution in [0.1, 0.15) is 51.9 Å². The molecular formula is C12H21IO. The third-order valence-electron chi connectivity index (χ3n) is 3.71. The molecule has 0 bridgehead atoms. The number of ether oxygens (including phenoxy) is 1. The van der Waals surface area contributed by atoms with Crippen LogP contribution in [0.25, 0.3) is 0 Å². The predicted molar refractivity (Wildman–Crippen MR) is 68.0 cm³/mol. The number of halogens is 1. The minimum Gasteiger partial charge on any atom is -0.374 e. The molecule has 1 heterocycles. The van der Waals surface area contributed by atoms with E-state index in [0.717, 1.165) is 9.84 Å². The highest BCUT2D eigenvalue weighted by molar-refractivity contribution is 14.1. The molecule has 0 spiro atoms. The molecule has 2 aliphatic rings. The fraction of sp³-hybridized carbons (Fsp3) is 1.00. The number of hydrogen-bond acceptors (Lipinski definition) is 1. The summed E-state index contributed by atoms with van der Waals surface area (Å²) in [6.07, 6.45) is 10.7. The van der Waals surface area contributed by atoms with E-state index in [9.17, 15) is 0 Å². The Kier molecular flexibility index (Phi) is 4.11. The quantitative estimate of drug-likeness (QED) is 0.567. The zero-order valence-electron chi connectivity index (χ0n) is 9.05. The SMILES string of the molecule is CCCC[C@@H]1O[C@H]2CCCC[C@@H]2[C@H]1I. The predicted octanol–water partition coefficient (Wildman–Crippen LogP) is 3.94. The summed E-state index contributed by atoms with van der Waals surface area (Å²) in [7, 11) is 0. The second kappa shape index (κ2) is 5.15. The van der Waals surface area contributed by atoms with Crippen molar-refractivity contribution < 1.29 is 4.74 Å². The van der Waals surface area contributed by atoms with Crippen LogP contribution in [0.5, 0.6) is 0 Å². The zero-order chi connectivity index (χ0) is 9.97. The first kappa shape index (κ1) is 11.2. The number of unbranched alkanes of at least 4 members (excludes halogenated alkanes) is 1. The average Bonchev–Trinajstić information content (AvgIpc) is 2.54. The normalized spacial score (nSPS) is 42.4. The number of hydrogen-bond donors (Lipinski definition) is 0. The number of rotatable bonds is 3. The summed E-state index contributed by atoms with van der Waals surface area (Å²) in [5, 5.41) is 0. The average molecular weight is 308 g/mol. The molecule has 1 nitrogen and oxygen atoms in total. The molecule has 1 aliphatic heterocycles. The van der Waals surface area contributed by atoms with Crippen LogP contribution in [0.3, 0.4) is 0 Å². The van der Waals surface area contributed by atoms with E-state index in [-0.39, 0.29) is 0 Å². The van der Waals surface area contributed by atoms with Gasteiger partial charge in [0.1, 0.15) is 0 Å². The molecule has 2 fully saturated rings. The van der Waals surface area contributed by atoms with Crippen LogP contribution in [0.2, 0.25) is 0 Å². The highest BCUT2D eigenvalue weighted by Crippen LogP contribution is 2.42. The maximum Gasteiger partial charge on any atom is 0.0700 e. The standard InChI is InChI=1S/C12H21IO/c1-2-3-7-11-12(13)9-6-4-5-8-10(9)14-11/h9-12H,2-8H2,1H3/t9-,10-,11-,12+/m0/s1. The lowest BCUT2D eigenvalue weighted by Gasteiger charge is -2.24. The van der Waals surface area contributed by atoms with Gasteiger partial charge in [0, 0.05) is 3.92 Å². The van der Waals surface area contributed by atoms with Gasteiger partial charge in [-0.3, -0.25) is 0 Å². The van der Waals surface area contributed by atoms with E-state index >= 15 is 0 Å². The van der Waals surface area contributed by atoms with Crippen LogP contribution in [-0.2, 0) is 4.74 Å². The maximum atomic E-state index is 6.17. The zero-order valence-corrected chi connectivity index (χ0v) is 11.2. The summed E-state index contributed by atoms with van der Waals surface area (Å²) >= 11 is 2.64. The largest absolute Gasteiger partial charge is 0.374 e. The van der Waals surface area contributed by atoms with Crippen LogP contribution >= 0.6 is 22.6 Å². The third-order valence-corrected chi connectivity index (χ3v) is 5.44. The smallest absolute Gasteiger partial charge is 0.0700 e. The van der Waals surface area contributed by atoms with Crippen molar-refractivity contribution in [1.82, 2.24) is 0 Å². The maximum absolute atomic E-state index is 6.17. The van der Waals surface area contributed by atoms with E-state index in [4.69, 9.17) is 4.74 Å². The molecule has 2 heteroatoms. The fourth-order valence-corrected chi connectivity index (χ4v) is 4.22. The van der Waals surface area contributed by atoms with Crippen molar-refractivity contribution in [1.29, 1.82) is 0 Å². The van der Waals surface area contributed by atoms with Crippen molar-refractivity contribution in [2.24, 2.45) is 5.92 Å². The summed E-state index contributed by atoms with van der Waals surface area (Å²) in [5.41, 5.74) is 0. The van der Waals surface area contributed by atoms with E-state index in [0.29, 0.717) is 12.2 Å². The molecule has 0 N–H and O–H groups in total. The second-order valence-corrected chi connectivity index (χ2v) is 6.19. The Morgan fingerprint density at radius 3 is 2.79 bits per heavy atom. The van der Waals surface area contributed by atoms with Crippen LogP contribution < -0.4 is 0 Å². The van der Waals surface area contributed by atoms with Gasteiger partial charge in [0.25, 0.3) is 0 Å². The first-order valence-corrected chi connectivity index (χ1v) is 7.37.